The van der Waals surface area contributed by atoms with Gasteiger partial charge in [0.2, 0.25) is 10.0 Å². The number of rotatable bonds is 4. The van der Waals surface area contributed by atoms with Gasteiger partial charge in [-0.1, -0.05) is 0 Å². The molecule has 8 heteroatoms. The average Bonchev–Trinajstić information content (AvgIpc) is 2.76. The zero-order valence-electron chi connectivity index (χ0n) is 9.42. The highest BCUT2D eigenvalue weighted by Gasteiger charge is 2.16. The smallest absolute Gasteiger partial charge is 0.206 e. The molecule has 2 aromatic heterocycles. The van der Waals surface area contributed by atoms with E-state index in [0.717, 1.165) is 20.8 Å². The van der Waals surface area contributed by atoms with E-state index in [1.165, 1.54) is 0 Å². The summed E-state index contributed by atoms with van der Waals surface area (Å²) in [7, 11) is -3.48. The van der Waals surface area contributed by atoms with Crippen LogP contribution < -0.4 is 4.72 Å². The normalized spacial score (nSPS) is 11.7. The number of nitrogens with zero attached hydrogens (tertiary/aromatic N) is 2. The maximum Gasteiger partial charge on any atom is 0.250 e. The maximum absolute atomic E-state index is 11.9. The van der Waals surface area contributed by atoms with Gasteiger partial charge < -0.3 is 0 Å². The van der Waals surface area contributed by atoms with E-state index in [2.05, 4.69) is 30.8 Å². The predicted octanol–water partition coefficient (Wildman–Crippen LogP) is 2.09. The van der Waals surface area contributed by atoms with Crippen molar-refractivity contribution in [2.75, 3.05) is 0 Å². The minimum atomic E-state index is -3.48. The number of sulfonamides is 1. The number of hydrogen-bond acceptors (Lipinski definition) is 5. The van der Waals surface area contributed by atoms with Crippen molar-refractivity contribution >= 4 is 37.3 Å². The van der Waals surface area contributed by atoms with Crippen LogP contribution in [0.2, 0.25) is 0 Å². The standard InChI is InChI=1S/C10H10BrN3O2S2/c1-7-2-3-8(14-13-7)6-12-18(15,16)10-5-4-9(11)17-10/h2-5,12H,6H2,1H3. The molecule has 2 rings (SSSR count). The molecule has 0 radical (unpaired) electrons. The summed E-state index contributed by atoms with van der Waals surface area (Å²) in [5.74, 6) is 0. The minimum Gasteiger partial charge on any atom is -0.206 e. The highest BCUT2D eigenvalue weighted by Crippen LogP contribution is 2.25. The number of hydrogen-bond donors (Lipinski definition) is 1. The van der Waals surface area contributed by atoms with Crippen LogP contribution in [0.5, 0.6) is 0 Å². The van der Waals surface area contributed by atoms with E-state index in [4.69, 9.17) is 0 Å². The summed E-state index contributed by atoms with van der Waals surface area (Å²) in [5.41, 5.74) is 1.38. The van der Waals surface area contributed by atoms with Crippen LogP contribution >= 0.6 is 27.3 Å². The Hall–Kier alpha value is -0.830. The second-order valence-corrected chi connectivity index (χ2v) is 8.01. The van der Waals surface area contributed by atoms with Gasteiger partial charge in [-0.25, -0.2) is 13.1 Å². The van der Waals surface area contributed by atoms with Gasteiger partial charge in [0, 0.05) is 0 Å². The Morgan fingerprint density at radius 1 is 1.28 bits per heavy atom. The number of aryl methyl sites for hydroxylation is 1. The Labute approximate surface area is 117 Å². The minimum absolute atomic E-state index is 0.130. The van der Waals surface area contributed by atoms with Crippen molar-refractivity contribution < 1.29 is 8.42 Å². The largest absolute Gasteiger partial charge is 0.250 e. The van der Waals surface area contributed by atoms with Crippen LogP contribution in [0.4, 0.5) is 0 Å². The van der Waals surface area contributed by atoms with Gasteiger partial charge in [0.05, 0.1) is 21.7 Å². The number of halogens is 1. The van der Waals surface area contributed by atoms with Crippen LogP contribution in [-0.4, -0.2) is 18.6 Å². The highest BCUT2D eigenvalue weighted by molar-refractivity contribution is 9.11. The SMILES string of the molecule is Cc1ccc(CNS(=O)(=O)c2ccc(Br)s2)nn1. The average molecular weight is 348 g/mol. The van der Waals surface area contributed by atoms with Crippen molar-refractivity contribution in [3.8, 4) is 0 Å². The molecule has 0 saturated carbocycles. The predicted molar refractivity (Wildman–Crippen MR) is 72.8 cm³/mol. The second-order valence-electron chi connectivity index (χ2n) is 3.55. The lowest BCUT2D eigenvalue weighted by atomic mass is 10.3. The molecule has 0 atom stereocenters. The molecule has 0 spiro atoms. The van der Waals surface area contributed by atoms with Crippen LogP contribution in [0, 0.1) is 6.92 Å². The van der Waals surface area contributed by atoms with Gasteiger partial charge in [-0.15, -0.1) is 11.3 Å². The zero-order chi connectivity index (χ0) is 13.2. The molecule has 0 fully saturated rings. The molecular weight excluding hydrogens is 338 g/mol. The first kappa shape index (κ1) is 13.6. The molecule has 0 aliphatic carbocycles. The fraction of sp³-hybridized carbons (Fsp3) is 0.200. The fourth-order valence-corrected chi connectivity index (χ4v) is 4.26. The van der Waals surface area contributed by atoms with Gasteiger partial charge in [0.1, 0.15) is 4.21 Å². The van der Waals surface area contributed by atoms with E-state index in [1.54, 1.807) is 24.3 Å². The third-order valence-electron chi connectivity index (χ3n) is 2.11. The maximum atomic E-state index is 11.9. The molecule has 0 bridgehead atoms. The molecule has 1 N–H and O–H groups in total. The van der Waals surface area contributed by atoms with Crippen molar-refractivity contribution in [1.82, 2.24) is 14.9 Å². The molecule has 96 valence electrons. The van der Waals surface area contributed by atoms with Gasteiger partial charge in [0.15, 0.2) is 0 Å². The topological polar surface area (TPSA) is 72.0 Å². The monoisotopic (exact) mass is 347 g/mol. The number of thiophene rings is 1. The second kappa shape index (κ2) is 5.43. The fourth-order valence-electron chi connectivity index (χ4n) is 1.20. The Kier molecular flexibility index (Phi) is 4.10. The first-order valence-electron chi connectivity index (χ1n) is 5.01. The van der Waals surface area contributed by atoms with E-state index >= 15 is 0 Å². The molecule has 2 aromatic rings. The molecule has 0 unspecified atom stereocenters. The summed E-state index contributed by atoms with van der Waals surface area (Å²) in [6.45, 7) is 1.95. The summed E-state index contributed by atoms with van der Waals surface area (Å²) >= 11 is 4.39. The summed E-state index contributed by atoms with van der Waals surface area (Å²) < 4.78 is 27.4. The van der Waals surface area contributed by atoms with Gasteiger partial charge in [0.25, 0.3) is 0 Å². The first-order valence-corrected chi connectivity index (χ1v) is 8.11. The highest BCUT2D eigenvalue weighted by atomic mass is 79.9. The summed E-state index contributed by atoms with van der Waals surface area (Å²) in [4.78, 5) is 0. The van der Waals surface area contributed by atoms with Crippen molar-refractivity contribution in [3.05, 3.63) is 39.4 Å². The van der Waals surface area contributed by atoms with Crippen molar-refractivity contribution in [2.24, 2.45) is 0 Å². The molecule has 0 aromatic carbocycles. The molecule has 5 nitrogen and oxygen atoms in total. The molecular formula is C10H10BrN3O2S2. The Balaban J connectivity index is 2.08. The van der Waals surface area contributed by atoms with Gasteiger partial charge >= 0.3 is 0 Å². The molecule has 0 amide bonds. The van der Waals surface area contributed by atoms with E-state index in [9.17, 15) is 8.42 Å². The van der Waals surface area contributed by atoms with Crippen LogP contribution in [-0.2, 0) is 16.6 Å². The van der Waals surface area contributed by atoms with Crippen LogP contribution in [0.3, 0.4) is 0 Å². The van der Waals surface area contributed by atoms with E-state index in [0.29, 0.717) is 5.69 Å². The van der Waals surface area contributed by atoms with Gasteiger partial charge in [-0.05, 0) is 47.1 Å². The number of nitrogens with one attached hydrogen (secondary N) is 1. The third-order valence-corrected chi connectivity index (χ3v) is 5.63. The molecule has 0 saturated heterocycles. The van der Waals surface area contributed by atoms with Gasteiger partial charge in [-0.3, -0.25) is 0 Å². The quantitative estimate of drug-likeness (QED) is 0.918. The van der Waals surface area contributed by atoms with Crippen molar-refractivity contribution in [1.29, 1.82) is 0 Å². The summed E-state index contributed by atoms with van der Waals surface area (Å²) in [6, 6.07) is 6.79. The van der Waals surface area contributed by atoms with Crippen LogP contribution in [0.15, 0.2) is 32.3 Å². The van der Waals surface area contributed by atoms with E-state index in [1.807, 2.05) is 6.92 Å². The third kappa shape index (κ3) is 3.35. The lowest BCUT2D eigenvalue weighted by Gasteiger charge is -2.03. The van der Waals surface area contributed by atoms with Crippen LogP contribution in [0.25, 0.3) is 0 Å². The molecule has 0 aliphatic rings. The number of aromatic nitrogens is 2. The Morgan fingerprint density at radius 3 is 2.61 bits per heavy atom. The lowest BCUT2D eigenvalue weighted by Crippen LogP contribution is -2.23. The van der Waals surface area contributed by atoms with E-state index < -0.39 is 10.0 Å². The van der Waals surface area contributed by atoms with Crippen molar-refractivity contribution in [3.63, 3.8) is 0 Å². The zero-order valence-corrected chi connectivity index (χ0v) is 12.6. The molecule has 18 heavy (non-hydrogen) atoms. The summed E-state index contributed by atoms with van der Waals surface area (Å²) in [6.07, 6.45) is 0. The van der Waals surface area contributed by atoms with Gasteiger partial charge in [-0.2, -0.15) is 10.2 Å². The first-order chi connectivity index (χ1) is 8.47. The summed E-state index contributed by atoms with van der Waals surface area (Å²) in [5, 5.41) is 7.76. The van der Waals surface area contributed by atoms with E-state index in [-0.39, 0.29) is 10.8 Å². The van der Waals surface area contributed by atoms with Crippen molar-refractivity contribution in [2.45, 2.75) is 17.7 Å². The molecule has 2 heterocycles. The Bertz CT molecular complexity index is 637. The Morgan fingerprint density at radius 2 is 2.06 bits per heavy atom. The molecule has 0 aliphatic heterocycles. The van der Waals surface area contributed by atoms with Crippen LogP contribution in [0.1, 0.15) is 11.4 Å². The lowest BCUT2D eigenvalue weighted by molar-refractivity contribution is 0.582.